The number of carboxylic acid groups (broad SMARTS) is 1. The third-order valence-corrected chi connectivity index (χ3v) is 6.87. The number of nitrogens with one attached hydrogen (secondary N) is 3. The molecule has 0 amide bonds. The number of esters is 1. The molecular formula is C26H23F4N7O8S. The number of carbonyl (C=O) groups is 2. The summed E-state index contributed by atoms with van der Waals surface area (Å²) in [6.07, 6.45) is -5.25. The Morgan fingerprint density at radius 2 is 1.93 bits per heavy atom. The highest BCUT2D eigenvalue weighted by atomic mass is 32.1. The van der Waals surface area contributed by atoms with E-state index in [1.54, 1.807) is 0 Å². The minimum Gasteiger partial charge on any atom is -0.497 e. The molecular weight excluding hydrogens is 646 g/mol. The number of aliphatic hydroxyl groups is 1. The molecule has 15 nitrogen and oxygen atoms in total. The maximum absolute atomic E-state index is 16.0. The first-order chi connectivity index (χ1) is 21.7. The van der Waals surface area contributed by atoms with E-state index in [1.165, 1.54) is 43.5 Å². The van der Waals surface area contributed by atoms with Gasteiger partial charge in [0.25, 0.3) is 5.19 Å². The lowest BCUT2D eigenvalue weighted by atomic mass is 10.0. The number of alkyl halides is 3. The van der Waals surface area contributed by atoms with Crippen molar-refractivity contribution in [2.24, 2.45) is 5.73 Å². The standard InChI is InChI=1S/C26H23F4N7O8S/c1-43-13-9-14(16(27)15(10-13)44-8-2-7-38)17(33-12-5-3-11(4-6-12)19(31)32)20-34-24(42)37(36-20)21-18(22(39)40)46-25(35-21)45-23(41)26(28,29)30/h3-6,9-10,17,33,38H,2,7-8H2,1H3,(H3,31,32)(H,39,40)(H,34,36,42). The number of nitrogens with zero attached hydrogens (tertiary/aromatic N) is 3. The van der Waals surface area contributed by atoms with E-state index in [0.717, 1.165) is 0 Å². The van der Waals surface area contributed by atoms with E-state index in [2.05, 4.69) is 25.1 Å². The number of hydrogen-bond donors (Lipinski definition) is 6. The van der Waals surface area contributed by atoms with Crippen LogP contribution in [0.3, 0.4) is 0 Å². The largest absolute Gasteiger partial charge is 0.497 e. The molecule has 46 heavy (non-hydrogen) atoms. The van der Waals surface area contributed by atoms with E-state index >= 15 is 4.39 Å². The molecule has 0 radical (unpaired) electrons. The quantitative estimate of drug-likeness (QED) is 0.0397. The molecule has 0 aliphatic carbocycles. The van der Waals surface area contributed by atoms with Crippen LogP contribution in [0, 0.1) is 11.2 Å². The number of aromatic carboxylic acids is 1. The van der Waals surface area contributed by atoms with Crippen molar-refractivity contribution in [3.63, 3.8) is 0 Å². The van der Waals surface area contributed by atoms with Gasteiger partial charge in [-0.3, -0.25) is 10.4 Å². The normalized spacial score (nSPS) is 12.0. The van der Waals surface area contributed by atoms with Crippen molar-refractivity contribution in [1.29, 1.82) is 5.41 Å². The molecule has 2 heterocycles. The Morgan fingerprint density at radius 1 is 1.24 bits per heavy atom. The second kappa shape index (κ2) is 13.6. The lowest BCUT2D eigenvalue weighted by Gasteiger charge is -2.21. The number of ether oxygens (including phenoxy) is 3. The molecule has 1 atom stereocenters. The Morgan fingerprint density at radius 3 is 2.52 bits per heavy atom. The van der Waals surface area contributed by atoms with Crippen molar-refractivity contribution in [2.75, 3.05) is 25.6 Å². The van der Waals surface area contributed by atoms with Gasteiger partial charge in [-0.1, -0.05) is 11.3 Å². The fraction of sp³-hybridized carbons (Fsp3) is 0.231. The number of carboxylic acids is 1. The molecule has 7 N–H and O–H groups in total. The predicted octanol–water partition coefficient (Wildman–Crippen LogP) is 2.58. The average Bonchev–Trinajstić information content (AvgIpc) is 3.60. The first kappa shape index (κ1) is 33.4. The molecule has 244 valence electrons. The van der Waals surface area contributed by atoms with Gasteiger partial charge in [0.2, 0.25) is 0 Å². The fourth-order valence-corrected chi connectivity index (χ4v) is 4.58. The van der Waals surface area contributed by atoms with Crippen molar-refractivity contribution in [3.8, 4) is 22.5 Å². The molecule has 4 aromatic rings. The summed E-state index contributed by atoms with van der Waals surface area (Å²) in [4.78, 5) is 41.3. The Labute approximate surface area is 258 Å². The Balaban J connectivity index is 1.85. The number of nitrogen functional groups attached to an aromatic ring is 1. The predicted molar refractivity (Wildman–Crippen MR) is 152 cm³/mol. The SMILES string of the molecule is COc1cc(OCCCO)c(F)c(C(Nc2ccc(C(=N)N)cc2)c2nn(-c3nc(OC(=O)C(F)(F)F)sc3C(=O)O)c(=O)[nH]2)c1. The highest BCUT2D eigenvalue weighted by Crippen LogP contribution is 2.35. The first-order valence-electron chi connectivity index (χ1n) is 12.8. The van der Waals surface area contributed by atoms with E-state index in [4.69, 9.17) is 25.7 Å². The van der Waals surface area contributed by atoms with Gasteiger partial charge >= 0.3 is 23.8 Å². The van der Waals surface area contributed by atoms with E-state index < -0.39 is 51.6 Å². The maximum Gasteiger partial charge on any atom is 0.491 e. The summed E-state index contributed by atoms with van der Waals surface area (Å²) < 4.78 is 69.4. The van der Waals surface area contributed by atoms with Gasteiger partial charge in [0.15, 0.2) is 28.1 Å². The van der Waals surface area contributed by atoms with Crippen LogP contribution in [0.2, 0.25) is 0 Å². The van der Waals surface area contributed by atoms with Crippen LogP contribution in [0.15, 0.2) is 41.2 Å². The Kier molecular flexibility index (Phi) is 9.91. The van der Waals surface area contributed by atoms with Gasteiger partial charge in [-0.2, -0.15) is 22.8 Å². The maximum atomic E-state index is 16.0. The monoisotopic (exact) mass is 669 g/mol. The number of thiazole rings is 1. The van der Waals surface area contributed by atoms with Gasteiger partial charge in [-0.15, -0.1) is 5.10 Å². The van der Waals surface area contributed by atoms with Gasteiger partial charge in [-0.05, 0) is 30.3 Å². The third-order valence-electron chi connectivity index (χ3n) is 5.96. The molecule has 0 fully saturated rings. The lowest BCUT2D eigenvalue weighted by molar-refractivity contribution is -0.189. The number of H-pyrrole nitrogens is 1. The van der Waals surface area contributed by atoms with Gasteiger partial charge in [0, 0.05) is 35.9 Å². The smallest absolute Gasteiger partial charge is 0.491 e. The second-order valence-electron chi connectivity index (χ2n) is 9.07. The first-order valence-corrected chi connectivity index (χ1v) is 13.6. The van der Waals surface area contributed by atoms with Crippen molar-refractivity contribution in [2.45, 2.75) is 18.6 Å². The van der Waals surface area contributed by atoms with Crippen molar-refractivity contribution >= 4 is 34.8 Å². The van der Waals surface area contributed by atoms with Crippen LogP contribution >= 0.6 is 11.3 Å². The zero-order valence-electron chi connectivity index (χ0n) is 23.3. The van der Waals surface area contributed by atoms with Crippen LogP contribution in [0.25, 0.3) is 5.82 Å². The Bertz CT molecular complexity index is 1820. The molecule has 20 heteroatoms. The summed E-state index contributed by atoms with van der Waals surface area (Å²) in [5.41, 5.74) is 4.83. The van der Waals surface area contributed by atoms with E-state index in [-0.39, 0.29) is 59.7 Å². The zero-order valence-corrected chi connectivity index (χ0v) is 24.2. The number of hydrogen-bond acceptors (Lipinski definition) is 12. The summed E-state index contributed by atoms with van der Waals surface area (Å²) in [7, 11) is 1.30. The van der Waals surface area contributed by atoms with Gasteiger partial charge in [0.1, 0.15) is 17.6 Å². The van der Waals surface area contributed by atoms with Crippen LogP contribution in [0.4, 0.5) is 23.2 Å². The topological polar surface area (TPSA) is 228 Å². The number of anilines is 1. The van der Waals surface area contributed by atoms with Crippen LogP contribution in [0.5, 0.6) is 16.7 Å². The number of aromatic amines is 1. The number of rotatable bonds is 13. The number of aromatic nitrogens is 4. The number of methoxy groups -OCH3 is 1. The average molecular weight is 670 g/mol. The second-order valence-corrected chi connectivity index (χ2v) is 10.0. The summed E-state index contributed by atoms with van der Waals surface area (Å²) in [6, 6.07) is 7.04. The molecule has 0 spiro atoms. The Hall–Kier alpha value is -5.50. The summed E-state index contributed by atoms with van der Waals surface area (Å²) >= 11 is 0.0333. The summed E-state index contributed by atoms with van der Waals surface area (Å²) in [5.74, 6) is -6.88. The third kappa shape index (κ3) is 7.41. The molecule has 0 saturated carbocycles. The molecule has 1 unspecified atom stereocenters. The summed E-state index contributed by atoms with van der Waals surface area (Å²) in [5, 5.41) is 32.3. The summed E-state index contributed by atoms with van der Waals surface area (Å²) in [6.45, 7) is -0.303. The lowest BCUT2D eigenvalue weighted by Crippen LogP contribution is -2.28. The van der Waals surface area contributed by atoms with Crippen molar-refractivity contribution < 1.29 is 51.6 Å². The van der Waals surface area contributed by atoms with Crippen LogP contribution in [-0.2, 0) is 4.79 Å². The van der Waals surface area contributed by atoms with Crippen molar-refractivity contribution in [1.82, 2.24) is 19.7 Å². The molecule has 0 saturated heterocycles. The van der Waals surface area contributed by atoms with E-state index in [1.807, 2.05) is 0 Å². The zero-order chi connectivity index (χ0) is 33.8. The highest BCUT2D eigenvalue weighted by molar-refractivity contribution is 7.15. The number of halogens is 4. The molecule has 2 aromatic heterocycles. The minimum absolute atomic E-state index is 0.0333. The molecule has 2 aromatic carbocycles. The highest BCUT2D eigenvalue weighted by Gasteiger charge is 2.42. The molecule has 0 aliphatic heterocycles. The fourth-order valence-electron chi connectivity index (χ4n) is 3.85. The molecule has 0 aliphatic rings. The van der Waals surface area contributed by atoms with Gasteiger partial charge < -0.3 is 35.5 Å². The minimum atomic E-state index is -5.42. The van der Waals surface area contributed by atoms with Crippen LogP contribution in [-0.4, -0.2) is 74.2 Å². The van der Waals surface area contributed by atoms with E-state index in [9.17, 15) is 32.7 Å². The number of nitrogens with two attached hydrogens (primary N) is 1. The molecule has 4 rings (SSSR count). The van der Waals surface area contributed by atoms with E-state index in [0.29, 0.717) is 15.9 Å². The van der Waals surface area contributed by atoms with Crippen molar-refractivity contribution in [3.05, 3.63) is 74.5 Å². The number of aliphatic hydroxyl groups excluding tert-OH is 1. The number of amidine groups is 1. The van der Waals surface area contributed by atoms with Gasteiger partial charge in [-0.25, -0.2) is 18.8 Å². The van der Waals surface area contributed by atoms with Gasteiger partial charge in [0.05, 0.1) is 13.7 Å². The number of carbonyl (C=O) groups excluding carboxylic acids is 1. The van der Waals surface area contributed by atoms with Crippen LogP contribution < -0.4 is 31.0 Å². The molecule has 0 bridgehead atoms. The van der Waals surface area contributed by atoms with Crippen LogP contribution in [0.1, 0.15) is 39.1 Å². The number of benzene rings is 2.